The molecule has 2 aliphatic rings. The van der Waals surface area contributed by atoms with Crippen molar-refractivity contribution in [3.63, 3.8) is 0 Å². The van der Waals surface area contributed by atoms with E-state index < -0.39 is 5.82 Å². The smallest absolute Gasteiger partial charge is 0.236 e. The Balaban J connectivity index is 1.63. The maximum absolute atomic E-state index is 14.5. The summed E-state index contributed by atoms with van der Waals surface area (Å²) in [5.41, 5.74) is 6.71. The third-order valence-corrected chi connectivity index (χ3v) is 6.08. The molecule has 4 rings (SSSR count). The molecular weight excluding hydrogens is 397 g/mol. The number of nitrogens with zero attached hydrogens (tertiary/aromatic N) is 4. The van der Waals surface area contributed by atoms with Crippen LogP contribution in [0.5, 0.6) is 5.75 Å². The number of nitrogens with two attached hydrogens (primary N) is 1. The number of anilines is 4. The zero-order valence-electron chi connectivity index (χ0n) is 18.1. The predicted molar refractivity (Wildman–Crippen MR) is 120 cm³/mol. The molecular formula is C22H32FN7O. The predicted octanol–water partition coefficient (Wildman–Crippen LogP) is 3.63. The van der Waals surface area contributed by atoms with Crippen LogP contribution in [0.1, 0.15) is 51.4 Å². The summed E-state index contributed by atoms with van der Waals surface area (Å²) in [5.74, 6) is 0.825. The van der Waals surface area contributed by atoms with Crippen LogP contribution in [0.25, 0.3) is 0 Å². The molecule has 0 spiro atoms. The topological polar surface area (TPSA) is 101 Å². The van der Waals surface area contributed by atoms with Crippen LogP contribution < -0.4 is 26.0 Å². The number of methoxy groups -OCH3 is 1. The highest BCUT2D eigenvalue weighted by molar-refractivity contribution is 5.60. The van der Waals surface area contributed by atoms with Crippen LogP contribution in [0.15, 0.2) is 18.2 Å². The van der Waals surface area contributed by atoms with Crippen molar-refractivity contribution in [2.75, 3.05) is 36.1 Å². The first-order valence-electron chi connectivity index (χ1n) is 11.2. The van der Waals surface area contributed by atoms with Gasteiger partial charge in [-0.25, -0.2) is 4.39 Å². The SMILES string of the molecule is COc1ccc(N(CC2CCCN2)c2nc(N)nc(NC3CCCCCC3)n2)cc1F. The molecule has 168 valence electrons. The number of nitrogens with one attached hydrogen (secondary N) is 2. The van der Waals surface area contributed by atoms with E-state index in [1.54, 1.807) is 6.07 Å². The van der Waals surface area contributed by atoms with Crippen LogP contribution in [-0.4, -0.2) is 47.2 Å². The van der Waals surface area contributed by atoms with Gasteiger partial charge in [0.05, 0.1) is 7.11 Å². The van der Waals surface area contributed by atoms with Gasteiger partial charge in [-0.1, -0.05) is 25.7 Å². The number of aromatic nitrogens is 3. The Labute approximate surface area is 182 Å². The first-order valence-corrected chi connectivity index (χ1v) is 11.2. The highest BCUT2D eigenvalue weighted by Crippen LogP contribution is 2.29. The fourth-order valence-electron chi connectivity index (χ4n) is 4.43. The standard InChI is InChI=1S/C22H32FN7O/c1-31-19-11-10-17(13-18(19)23)30(14-16-9-6-12-25-16)22-28-20(24)27-21(29-22)26-15-7-4-2-3-5-8-15/h10-11,13,15-16,25H,2-9,12,14H2,1H3,(H3,24,26,27,28,29). The summed E-state index contributed by atoms with van der Waals surface area (Å²) in [4.78, 5) is 15.3. The zero-order valence-corrected chi connectivity index (χ0v) is 18.1. The van der Waals surface area contributed by atoms with Gasteiger partial charge in [0.25, 0.3) is 0 Å². The lowest BCUT2D eigenvalue weighted by Crippen LogP contribution is -2.36. The Bertz CT molecular complexity index is 867. The van der Waals surface area contributed by atoms with Gasteiger partial charge in [-0.15, -0.1) is 0 Å². The van der Waals surface area contributed by atoms with Crippen molar-refractivity contribution in [2.45, 2.75) is 63.5 Å². The number of hydrogen-bond donors (Lipinski definition) is 3. The van der Waals surface area contributed by atoms with Gasteiger partial charge in [-0.05, 0) is 44.4 Å². The van der Waals surface area contributed by atoms with Gasteiger partial charge in [0.2, 0.25) is 17.8 Å². The molecule has 1 saturated heterocycles. The summed E-state index contributed by atoms with van der Waals surface area (Å²) in [7, 11) is 1.45. The molecule has 0 radical (unpaired) electrons. The van der Waals surface area contributed by atoms with Crippen molar-refractivity contribution in [1.29, 1.82) is 0 Å². The second-order valence-corrected chi connectivity index (χ2v) is 8.37. The van der Waals surface area contributed by atoms with Gasteiger partial charge in [0.1, 0.15) is 0 Å². The van der Waals surface area contributed by atoms with E-state index >= 15 is 0 Å². The number of ether oxygens (including phenoxy) is 1. The first kappa shape index (κ1) is 21.5. The number of halogens is 1. The Morgan fingerprint density at radius 1 is 1.13 bits per heavy atom. The Kier molecular flexibility index (Phi) is 7.01. The lowest BCUT2D eigenvalue weighted by atomic mass is 10.1. The molecule has 0 amide bonds. The van der Waals surface area contributed by atoms with E-state index in [4.69, 9.17) is 10.5 Å². The quantitative estimate of drug-likeness (QED) is 0.574. The van der Waals surface area contributed by atoms with Gasteiger partial charge >= 0.3 is 0 Å². The van der Waals surface area contributed by atoms with Crippen LogP contribution in [0.4, 0.5) is 27.9 Å². The summed E-state index contributed by atoms with van der Waals surface area (Å²) < 4.78 is 19.6. The minimum Gasteiger partial charge on any atom is -0.494 e. The number of benzene rings is 1. The molecule has 9 heteroatoms. The Hall–Kier alpha value is -2.68. The average molecular weight is 430 g/mol. The molecule has 1 atom stereocenters. The van der Waals surface area contributed by atoms with E-state index in [0.717, 1.165) is 32.2 Å². The van der Waals surface area contributed by atoms with E-state index in [1.165, 1.54) is 38.9 Å². The van der Waals surface area contributed by atoms with E-state index in [1.807, 2.05) is 11.0 Å². The van der Waals surface area contributed by atoms with Crippen LogP contribution in [0.2, 0.25) is 0 Å². The van der Waals surface area contributed by atoms with Gasteiger partial charge in [-0.3, -0.25) is 0 Å². The Morgan fingerprint density at radius 3 is 2.61 bits per heavy atom. The molecule has 4 N–H and O–H groups in total. The average Bonchev–Trinajstić information content (AvgIpc) is 3.14. The molecule has 2 fully saturated rings. The summed E-state index contributed by atoms with van der Waals surface area (Å²) in [6.07, 6.45) is 9.31. The van der Waals surface area contributed by atoms with E-state index in [2.05, 4.69) is 25.6 Å². The monoisotopic (exact) mass is 429 g/mol. The molecule has 1 saturated carbocycles. The molecule has 2 aromatic rings. The van der Waals surface area contributed by atoms with Crippen molar-refractivity contribution >= 4 is 23.5 Å². The van der Waals surface area contributed by atoms with Gasteiger partial charge in [0, 0.05) is 30.4 Å². The van der Waals surface area contributed by atoms with Crippen molar-refractivity contribution in [2.24, 2.45) is 0 Å². The summed E-state index contributed by atoms with van der Waals surface area (Å²) in [5, 5.41) is 6.94. The van der Waals surface area contributed by atoms with E-state index in [9.17, 15) is 4.39 Å². The van der Waals surface area contributed by atoms with E-state index in [0.29, 0.717) is 30.2 Å². The normalized spacial score (nSPS) is 19.7. The lowest BCUT2D eigenvalue weighted by Gasteiger charge is -2.27. The maximum atomic E-state index is 14.5. The van der Waals surface area contributed by atoms with E-state index in [-0.39, 0.29) is 17.7 Å². The molecule has 1 unspecified atom stereocenters. The molecule has 1 aromatic heterocycles. The molecule has 31 heavy (non-hydrogen) atoms. The molecule has 1 aliphatic heterocycles. The summed E-state index contributed by atoms with van der Waals surface area (Å²) in [6.45, 7) is 1.58. The second kappa shape index (κ2) is 10.1. The summed E-state index contributed by atoms with van der Waals surface area (Å²) in [6, 6.07) is 5.48. The van der Waals surface area contributed by atoms with Crippen LogP contribution >= 0.6 is 0 Å². The second-order valence-electron chi connectivity index (χ2n) is 8.37. The minimum atomic E-state index is -0.428. The highest BCUT2D eigenvalue weighted by atomic mass is 19.1. The van der Waals surface area contributed by atoms with Crippen molar-refractivity contribution in [3.05, 3.63) is 24.0 Å². The molecule has 2 heterocycles. The molecule has 1 aliphatic carbocycles. The zero-order chi connectivity index (χ0) is 21.6. The van der Waals surface area contributed by atoms with Crippen molar-refractivity contribution in [1.82, 2.24) is 20.3 Å². The molecule has 0 bridgehead atoms. The third kappa shape index (κ3) is 5.52. The largest absolute Gasteiger partial charge is 0.494 e. The van der Waals surface area contributed by atoms with Crippen LogP contribution in [0, 0.1) is 5.82 Å². The maximum Gasteiger partial charge on any atom is 0.236 e. The Morgan fingerprint density at radius 2 is 1.94 bits per heavy atom. The number of hydrogen-bond acceptors (Lipinski definition) is 8. The summed E-state index contributed by atoms with van der Waals surface area (Å²) >= 11 is 0. The minimum absolute atomic E-state index is 0.152. The molecule has 1 aromatic carbocycles. The number of rotatable bonds is 7. The molecule has 8 nitrogen and oxygen atoms in total. The fraction of sp³-hybridized carbons (Fsp3) is 0.591. The highest BCUT2D eigenvalue weighted by Gasteiger charge is 2.24. The van der Waals surface area contributed by atoms with Crippen LogP contribution in [0.3, 0.4) is 0 Å². The van der Waals surface area contributed by atoms with Crippen molar-refractivity contribution in [3.8, 4) is 5.75 Å². The van der Waals surface area contributed by atoms with Gasteiger partial charge in [-0.2, -0.15) is 15.0 Å². The lowest BCUT2D eigenvalue weighted by molar-refractivity contribution is 0.386. The fourth-order valence-corrected chi connectivity index (χ4v) is 4.43. The van der Waals surface area contributed by atoms with Gasteiger partial charge < -0.3 is 26.0 Å². The number of nitrogen functional groups attached to an aromatic ring is 1. The van der Waals surface area contributed by atoms with Crippen LogP contribution in [-0.2, 0) is 0 Å². The first-order chi connectivity index (χ1) is 15.1. The van der Waals surface area contributed by atoms with Gasteiger partial charge in [0.15, 0.2) is 11.6 Å². The van der Waals surface area contributed by atoms with Crippen molar-refractivity contribution < 1.29 is 9.13 Å². The third-order valence-electron chi connectivity index (χ3n) is 6.08.